The molecule has 0 radical (unpaired) electrons. The Balaban J connectivity index is 2.38. The number of aromatic nitrogens is 2. The lowest BCUT2D eigenvalue weighted by Crippen LogP contribution is -1.93. The maximum Gasteiger partial charge on any atom is 0.158 e. The first-order valence-electron chi connectivity index (χ1n) is 4.28. The van der Waals surface area contributed by atoms with E-state index in [9.17, 15) is 0 Å². The molecule has 0 fully saturated rings. The molecular formula is C9H13N3. The number of rotatable bonds is 4. The van der Waals surface area contributed by atoms with Crippen LogP contribution in [0.25, 0.3) is 0 Å². The highest BCUT2D eigenvalue weighted by molar-refractivity contribution is 5.15. The number of nitrogens with zero attached hydrogens (tertiary/aromatic N) is 3. The summed E-state index contributed by atoms with van der Waals surface area (Å²) in [5, 5.41) is 8.50. The molecule has 0 saturated heterocycles. The van der Waals surface area contributed by atoms with Crippen LogP contribution in [0.2, 0.25) is 0 Å². The van der Waals surface area contributed by atoms with E-state index in [0.29, 0.717) is 5.69 Å². The normalized spacial score (nSPS) is 9.67. The summed E-state index contributed by atoms with van der Waals surface area (Å²) in [5.41, 5.74) is 0.506. The fraction of sp³-hybridized carbons (Fsp3) is 0.556. The van der Waals surface area contributed by atoms with Crippen molar-refractivity contribution in [3.8, 4) is 6.07 Å². The van der Waals surface area contributed by atoms with Crippen LogP contribution < -0.4 is 0 Å². The zero-order valence-electron chi connectivity index (χ0n) is 7.32. The van der Waals surface area contributed by atoms with Gasteiger partial charge in [0.25, 0.3) is 0 Å². The van der Waals surface area contributed by atoms with Gasteiger partial charge in [0.1, 0.15) is 6.07 Å². The molecule has 0 bridgehead atoms. The molecule has 0 aliphatic carbocycles. The van der Waals surface area contributed by atoms with Gasteiger partial charge in [-0.15, -0.1) is 0 Å². The molecule has 1 heterocycles. The molecule has 0 aromatic carbocycles. The summed E-state index contributed by atoms with van der Waals surface area (Å²) in [6, 6.07) is 2.01. The van der Waals surface area contributed by atoms with Crippen LogP contribution in [0.15, 0.2) is 12.5 Å². The number of hydrogen-bond acceptors (Lipinski definition) is 2. The van der Waals surface area contributed by atoms with Crippen molar-refractivity contribution >= 4 is 0 Å². The van der Waals surface area contributed by atoms with Gasteiger partial charge in [0.15, 0.2) is 5.69 Å². The minimum atomic E-state index is 0.506. The van der Waals surface area contributed by atoms with Crippen LogP contribution in [-0.2, 0) is 6.54 Å². The average Bonchev–Trinajstić information content (AvgIpc) is 2.53. The largest absolute Gasteiger partial charge is 0.336 e. The zero-order chi connectivity index (χ0) is 8.81. The van der Waals surface area contributed by atoms with Gasteiger partial charge in [0.05, 0.1) is 6.33 Å². The third-order valence-corrected chi connectivity index (χ3v) is 1.77. The minimum absolute atomic E-state index is 0.506. The van der Waals surface area contributed by atoms with Crippen molar-refractivity contribution < 1.29 is 0 Å². The highest BCUT2D eigenvalue weighted by Gasteiger charge is 1.95. The Morgan fingerprint density at radius 2 is 2.42 bits per heavy atom. The summed E-state index contributed by atoms with van der Waals surface area (Å²) in [6.45, 7) is 3.15. The van der Waals surface area contributed by atoms with Crippen LogP contribution in [0.5, 0.6) is 0 Å². The van der Waals surface area contributed by atoms with E-state index in [1.807, 2.05) is 10.6 Å². The highest BCUT2D eigenvalue weighted by Crippen LogP contribution is 1.99. The van der Waals surface area contributed by atoms with Crippen LogP contribution >= 0.6 is 0 Å². The number of hydrogen-bond donors (Lipinski definition) is 0. The maximum atomic E-state index is 8.50. The molecular weight excluding hydrogens is 150 g/mol. The molecule has 0 aliphatic heterocycles. The first-order chi connectivity index (χ1) is 5.86. The number of nitriles is 1. The summed E-state index contributed by atoms with van der Waals surface area (Å²) >= 11 is 0. The van der Waals surface area contributed by atoms with Gasteiger partial charge in [0.2, 0.25) is 0 Å². The molecule has 0 N–H and O–H groups in total. The van der Waals surface area contributed by atoms with E-state index in [4.69, 9.17) is 5.26 Å². The first-order valence-corrected chi connectivity index (χ1v) is 4.28. The van der Waals surface area contributed by atoms with Crippen LogP contribution in [0.3, 0.4) is 0 Å². The Labute approximate surface area is 72.7 Å². The molecule has 1 rings (SSSR count). The molecule has 0 aliphatic rings. The van der Waals surface area contributed by atoms with Crippen molar-refractivity contribution in [3.63, 3.8) is 0 Å². The van der Waals surface area contributed by atoms with E-state index < -0.39 is 0 Å². The second-order valence-corrected chi connectivity index (χ2v) is 2.82. The van der Waals surface area contributed by atoms with Crippen LogP contribution in [0, 0.1) is 11.3 Å². The second kappa shape index (κ2) is 4.55. The van der Waals surface area contributed by atoms with Crippen LogP contribution in [-0.4, -0.2) is 9.55 Å². The zero-order valence-corrected chi connectivity index (χ0v) is 7.32. The Hall–Kier alpha value is -1.30. The highest BCUT2D eigenvalue weighted by atomic mass is 15.0. The van der Waals surface area contributed by atoms with Crippen molar-refractivity contribution in [1.82, 2.24) is 9.55 Å². The molecule has 1 aromatic heterocycles. The van der Waals surface area contributed by atoms with Gasteiger partial charge in [-0.25, -0.2) is 4.98 Å². The molecule has 0 amide bonds. The summed E-state index contributed by atoms with van der Waals surface area (Å²) in [6.07, 6.45) is 7.13. The third-order valence-electron chi connectivity index (χ3n) is 1.77. The third kappa shape index (κ3) is 2.39. The van der Waals surface area contributed by atoms with Gasteiger partial charge in [-0.3, -0.25) is 0 Å². The van der Waals surface area contributed by atoms with Crippen molar-refractivity contribution in [1.29, 1.82) is 5.26 Å². The molecule has 0 spiro atoms. The molecule has 3 nitrogen and oxygen atoms in total. The molecule has 1 aromatic rings. The lowest BCUT2D eigenvalue weighted by atomic mass is 10.2. The molecule has 0 saturated carbocycles. The van der Waals surface area contributed by atoms with Crippen LogP contribution in [0.4, 0.5) is 0 Å². The fourth-order valence-corrected chi connectivity index (χ4v) is 1.08. The Morgan fingerprint density at radius 3 is 3.00 bits per heavy atom. The summed E-state index contributed by atoms with van der Waals surface area (Å²) in [7, 11) is 0. The van der Waals surface area contributed by atoms with E-state index >= 15 is 0 Å². The van der Waals surface area contributed by atoms with Gasteiger partial charge in [-0.2, -0.15) is 5.26 Å². The van der Waals surface area contributed by atoms with Crippen molar-refractivity contribution in [3.05, 3.63) is 18.2 Å². The van der Waals surface area contributed by atoms with E-state index in [1.54, 1.807) is 12.5 Å². The number of imidazole rings is 1. The van der Waals surface area contributed by atoms with Gasteiger partial charge in [-0.05, 0) is 6.42 Å². The SMILES string of the molecule is CCCCCn1cnc(C#N)c1. The Kier molecular flexibility index (Phi) is 3.34. The standard InChI is InChI=1S/C9H13N3/c1-2-3-4-5-12-7-9(6-10)11-8-12/h7-8H,2-5H2,1H3. The monoisotopic (exact) mass is 163 g/mol. The molecule has 0 unspecified atom stereocenters. The van der Waals surface area contributed by atoms with Gasteiger partial charge >= 0.3 is 0 Å². The molecule has 12 heavy (non-hydrogen) atoms. The smallest absolute Gasteiger partial charge is 0.158 e. The minimum Gasteiger partial charge on any atom is -0.336 e. The van der Waals surface area contributed by atoms with E-state index in [1.165, 1.54) is 12.8 Å². The quantitative estimate of drug-likeness (QED) is 0.636. The predicted molar refractivity (Wildman–Crippen MR) is 46.5 cm³/mol. The summed E-state index contributed by atoms with van der Waals surface area (Å²) < 4.78 is 1.97. The second-order valence-electron chi connectivity index (χ2n) is 2.82. The van der Waals surface area contributed by atoms with Gasteiger partial charge in [-0.1, -0.05) is 19.8 Å². The van der Waals surface area contributed by atoms with E-state index in [0.717, 1.165) is 13.0 Å². The van der Waals surface area contributed by atoms with Crippen LogP contribution in [0.1, 0.15) is 31.9 Å². The average molecular weight is 163 g/mol. The fourth-order valence-electron chi connectivity index (χ4n) is 1.08. The Morgan fingerprint density at radius 1 is 1.58 bits per heavy atom. The molecule has 64 valence electrons. The molecule has 0 atom stereocenters. The predicted octanol–water partition coefficient (Wildman–Crippen LogP) is 1.94. The summed E-state index contributed by atoms with van der Waals surface area (Å²) in [4.78, 5) is 3.92. The molecule has 3 heteroatoms. The first kappa shape index (κ1) is 8.79. The van der Waals surface area contributed by atoms with Crippen molar-refractivity contribution in [2.45, 2.75) is 32.7 Å². The van der Waals surface area contributed by atoms with Gasteiger partial charge in [0, 0.05) is 12.7 Å². The van der Waals surface area contributed by atoms with E-state index in [2.05, 4.69) is 11.9 Å². The lowest BCUT2D eigenvalue weighted by molar-refractivity contribution is 0.602. The number of aryl methyl sites for hydroxylation is 1. The summed E-state index contributed by atoms with van der Waals surface area (Å²) in [5.74, 6) is 0. The number of unbranched alkanes of at least 4 members (excludes halogenated alkanes) is 2. The van der Waals surface area contributed by atoms with Crippen molar-refractivity contribution in [2.24, 2.45) is 0 Å². The van der Waals surface area contributed by atoms with Gasteiger partial charge < -0.3 is 4.57 Å². The maximum absolute atomic E-state index is 8.50. The Bertz CT molecular complexity index is 270. The lowest BCUT2D eigenvalue weighted by Gasteiger charge is -1.98. The topological polar surface area (TPSA) is 41.6 Å². The van der Waals surface area contributed by atoms with E-state index in [-0.39, 0.29) is 0 Å². The van der Waals surface area contributed by atoms with Crippen molar-refractivity contribution in [2.75, 3.05) is 0 Å².